The Hall–Kier alpha value is -1.40. The maximum Gasteiger partial charge on any atom is 0.287 e. The lowest BCUT2D eigenvalue weighted by atomic mass is 10.4. The van der Waals surface area contributed by atoms with Gasteiger partial charge in [0.2, 0.25) is 0 Å². The van der Waals surface area contributed by atoms with Crippen LogP contribution in [0.5, 0.6) is 0 Å². The average Bonchev–Trinajstić information content (AvgIpc) is 2.65. The van der Waals surface area contributed by atoms with E-state index < -0.39 is 0 Å². The minimum atomic E-state index is -0.312. The first-order valence-electron chi connectivity index (χ1n) is 5.37. The second kappa shape index (κ2) is 5.07. The van der Waals surface area contributed by atoms with Crippen molar-refractivity contribution in [3.05, 3.63) is 37.2 Å². The van der Waals surface area contributed by atoms with Crippen molar-refractivity contribution in [1.82, 2.24) is 14.8 Å². The zero-order chi connectivity index (χ0) is 13.3. The van der Waals surface area contributed by atoms with Gasteiger partial charge < -0.3 is 5.32 Å². The van der Waals surface area contributed by atoms with Crippen LogP contribution in [0.3, 0.4) is 0 Å². The highest BCUT2D eigenvalue weighted by Gasteiger charge is 2.08. The van der Waals surface area contributed by atoms with Gasteiger partial charge in [-0.1, -0.05) is 11.6 Å². The molecule has 0 aliphatic rings. The molecular weight excluding hydrogens is 272 g/mol. The van der Waals surface area contributed by atoms with E-state index in [4.69, 9.17) is 11.6 Å². The van der Waals surface area contributed by atoms with Gasteiger partial charge in [-0.3, -0.25) is 4.79 Å². The maximum atomic E-state index is 11.6. The lowest BCUT2D eigenvalue weighted by molar-refractivity contribution is 0.708. The third-order valence-corrected chi connectivity index (χ3v) is 4.02. The number of aryl methyl sites for hydroxylation is 3. The third kappa shape index (κ3) is 2.54. The van der Waals surface area contributed by atoms with Crippen LogP contribution in [0.4, 0.5) is 5.69 Å². The molecule has 0 atom stereocenters. The van der Waals surface area contributed by atoms with Crippen LogP contribution in [0, 0.1) is 13.8 Å². The Morgan fingerprint density at radius 3 is 2.83 bits per heavy atom. The van der Waals surface area contributed by atoms with E-state index in [9.17, 15) is 4.79 Å². The number of rotatable bonds is 3. The highest BCUT2D eigenvalue weighted by Crippen LogP contribution is 2.20. The van der Waals surface area contributed by atoms with E-state index in [0.717, 1.165) is 10.7 Å². The highest BCUT2D eigenvalue weighted by atomic mass is 35.5. The molecule has 1 N–H and O–H groups in total. The van der Waals surface area contributed by atoms with Crippen molar-refractivity contribution >= 4 is 28.6 Å². The molecule has 18 heavy (non-hydrogen) atoms. The number of hydrogen-bond acceptors (Lipinski definition) is 5. The second-order valence-corrected chi connectivity index (χ2v) is 5.57. The smallest absolute Gasteiger partial charge is 0.287 e. The van der Waals surface area contributed by atoms with Crippen LogP contribution in [0.2, 0.25) is 5.02 Å². The fourth-order valence-corrected chi connectivity index (χ4v) is 2.53. The molecule has 0 bridgehead atoms. The summed E-state index contributed by atoms with van der Waals surface area (Å²) >= 11 is 7.57. The minimum Gasteiger partial charge on any atom is -0.376 e. The molecule has 0 unspecified atom stereocenters. The number of thiazole rings is 1. The van der Waals surface area contributed by atoms with Crippen molar-refractivity contribution < 1.29 is 0 Å². The molecule has 0 fully saturated rings. The van der Waals surface area contributed by atoms with E-state index in [1.165, 1.54) is 15.8 Å². The van der Waals surface area contributed by atoms with E-state index in [-0.39, 0.29) is 10.6 Å². The molecule has 0 amide bonds. The summed E-state index contributed by atoms with van der Waals surface area (Å²) in [4.78, 5) is 17.2. The Labute approximate surface area is 113 Å². The molecule has 0 aliphatic heterocycles. The Kier molecular flexibility index (Phi) is 3.68. The van der Waals surface area contributed by atoms with Crippen LogP contribution in [-0.4, -0.2) is 14.8 Å². The maximum absolute atomic E-state index is 11.6. The number of halogens is 1. The summed E-state index contributed by atoms with van der Waals surface area (Å²) in [5.41, 5.74) is 1.25. The first-order chi connectivity index (χ1) is 8.49. The van der Waals surface area contributed by atoms with Crippen molar-refractivity contribution in [2.24, 2.45) is 7.05 Å². The van der Waals surface area contributed by atoms with Gasteiger partial charge in [-0.25, -0.2) is 9.67 Å². The molecule has 2 rings (SSSR count). The van der Waals surface area contributed by atoms with Gasteiger partial charge in [0.25, 0.3) is 5.56 Å². The van der Waals surface area contributed by atoms with E-state index in [2.05, 4.69) is 15.4 Å². The second-order valence-electron chi connectivity index (χ2n) is 3.90. The number of nitrogens with one attached hydrogen (secondary N) is 1. The van der Waals surface area contributed by atoms with E-state index in [0.29, 0.717) is 12.2 Å². The topological polar surface area (TPSA) is 59.8 Å². The average molecular weight is 285 g/mol. The van der Waals surface area contributed by atoms with Crippen molar-refractivity contribution in [2.45, 2.75) is 20.4 Å². The summed E-state index contributed by atoms with van der Waals surface area (Å²) in [6.45, 7) is 4.54. The molecule has 0 spiro atoms. The van der Waals surface area contributed by atoms with Crippen molar-refractivity contribution in [3.8, 4) is 0 Å². The molecule has 2 aromatic heterocycles. The summed E-state index contributed by atoms with van der Waals surface area (Å²) in [7, 11) is 1.56. The molecule has 0 radical (unpaired) electrons. The summed E-state index contributed by atoms with van der Waals surface area (Å²) in [6.07, 6.45) is 1.54. The Bertz CT molecular complexity index is 615. The SMILES string of the molecule is Cc1nc(CNc2cnn(C)c(=O)c2Cl)sc1C. The quantitative estimate of drug-likeness (QED) is 0.938. The first kappa shape index (κ1) is 13.0. The van der Waals surface area contributed by atoms with Crippen LogP contribution in [-0.2, 0) is 13.6 Å². The fraction of sp³-hybridized carbons (Fsp3) is 0.364. The Morgan fingerprint density at radius 2 is 2.22 bits per heavy atom. The van der Waals surface area contributed by atoms with Crippen molar-refractivity contribution in [1.29, 1.82) is 0 Å². The van der Waals surface area contributed by atoms with Crippen LogP contribution < -0.4 is 10.9 Å². The Balaban J connectivity index is 2.16. The Morgan fingerprint density at radius 1 is 1.50 bits per heavy atom. The normalized spacial score (nSPS) is 10.7. The van der Waals surface area contributed by atoms with E-state index in [1.54, 1.807) is 18.4 Å². The van der Waals surface area contributed by atoms with Gasteiger partial charge in [0, 0.05) is 11.9 Å². The molecule has 0 aromatic carbocycles. The third-order valence-electron chi connectivity index (χ3n) is 2.58. The first-order valence-corrected chi connectivity index (χ1v) is 6.57. The molecule has 2 heterocycles. The van der Waals surface area contributed by atoms with Gasteiger partial charge in [0.05, 0.1) is 24.1 Å². The number of anilines is 1. The van der Waals surface area contributed by atoms with Gasteiger partial charge in [0.1, 0.15) is 10.0 Å². The summed E-state index contributed by atoms with van der Waals surface area (Å²) in [5, 5.41) is 8.10. The zero-order valence-corrected chi connectivity index (χ0v) is 11.9. The van der Waals surface area contributed by atoms with Crippen molar-refractivity contribution in [3.63, 3.8) is 0 Å². The molecule has 2 aromatic rings. The lowest BCUT2D eigenvalue weighted by Gasteiger charge is -2.06. The van der Waals surface area contributed by atoms with Gasteiger partial charge in [-0.2, -0.15) is 5.10 Å². The molecule has 0 aliphatic carbocycles. The molecule has 0 saturated carbocycles. The van der Waals surface area contributed by atoms with Crippen LogP contribution in [0.15, 0.2) is 11.0 Å². The zero-order valence-electron chi connectivity index (χ0n) is 10.3. The van der Waals surface area contributed by atoms with Crippen LogP contribution in [0.25, 0.3) is 0 Å². The van der Waals surface area contributed by atoms with Crippen LogP contribution >= 0.6 is 22.9 Å². The van der Waals surface area contributed by atoms with Gasteiger partial charge in [-0.15, -0.1) is 11.3 Å². The summed E-state index contributed by atoms with van der Waals surface area (Å²) < 4.78 is 1.20. The fourth-order valence-electron chi connectivity index (χ4n) is 1.42. The monoisotopic (exact) mass is 284 g/mol. The highest BCUT2D eigenvalue weighted by molar-refractivity contribution is 7.11. The van der Waals surface area contributed by atoms with E-state index >= 15 is 0 Å². The van der Waals surface area contributed by atoms with Crippen molar-refractivity contribution in [2.75, 3.05) is 5.32 Å². The van der Waals surface area contributed by atoms with Gasteiger partial charge >= 0.3 is 0 Å². The number of nitrogens with zero attached hydrogens (tertiary/aromatic N) is 3. The number of hydrogen-bond donors (Lipinski definition) is 1. The van der Waals surface area contributed by atoms with Gasteiger partial charge in [-0.05, 0) is 13.8 Å². The molecular formula is C11H13ClN4OS. The van der Waals surface area contributed by atoms with Crippen LogP contribution in [0.1, 0.15) is 15.6 Å². The lowest BCUT2D eigenvalue weighted by Crippen LogP contribution is -2.21. The predicted molar refractivity (Wildman–Crippen MR) is 73.4 cm³/mol. The molecule has 5 nitrogen and oxygen atoms in total. The summed E-state index contributed by atoms with van der Waals surface area (Å²) in [6, 6.07) is 0. The summed E-state index contributed by atoms with van der Waals surface area (Å²) in [5.74, 6) is 0. The molecule has 0 saturated heterocycles. The number of aromatic nitrogens is 3. The van der Waals surface area contributed by atoms with Gasteiger partial charge in [0.15, 0.2) is 0 Å². The molecule has 7 heteroatoms. The molecule has 96 valence electrons. The largest absolute Gasteiger partial charge is 0.376 e. The predicted octanol–water partition coefficient (Wildman–Crippen LogP) is 2.12. The standard InChI is InChI=1S/C11H13ClN4OS/c1-6-7(2)18-9(15-6)5-13-8-4-14-16(3)11(17)10(8)12/h4,13H,5H2,1-3H3. The van der Waals surface area contributed by atoms with E-state index in [1.807, 2.05) is 13.8 Å². The minimum absolute atomic E-state index is 0.150.